The van der Waals surface area contributed by atoms with Gasteiger partial charge < -0.3 is 29.8 Å². The highest BCUT2D eigenvalue weighted by molar-refractivity contribution is 5.91. The molecule has 1 heterocycles. The van der Waals surface area contributed by atoms with Gasteiger partial charge in [-0.1, -0.05) is 0 Å². The minimum absolute atomic E-state index is 0.225. The van der Waals surface area contributed by atoms with E-state index in [1.807, 2.05) is 6.92 Å². The molecule has 3 N–H and O–H groups in total. The molecule has 0 aliphatic heterocycles. The van der Waals surface area contributed by atoms with Gasteiger partial charge in [0.15, 0.2) is 11.7 Å². The van der Waals surface area contributed by atoms with E-state index in [1.54, 1.807) is 19.2 Å². The molecule has 136 valence electrons. The first kappa shape index (κ1) is 20.0. The van der Waals surface area contributed by atoms with Gasteiger partial charge in [-0.2, -0.15) is 0 Å². The second-order valence-corrected chi connectivity index (χ2v) is 4.88. The van der Waals surface area contributed by atoms with Crippen molar-refractivity contribution in [3.8, 4) is 0 Å². The largest absolute Gasteiger partial charge is 0.459 e. The van der Waals surface area contributed by atoms with E-state index in [4.69, 9.17) is 13.9 Å². The van der Waals surface area contributed by atoms with Crippen molar-refractivity contribution in [2.24, 2.45) is 4.99 Å². The van der Waals surface area contributed by atoms with Crippen LogP contribution in [0, 0.1) is 0 Å². The van der Waals surface area contributed by atoms with Crippen molar-refractivity contribution in [1.29, 1.82) is 0 Å². The Balaban J connectivity index is 2.15. The van der Waals surface area contributed by atoms with Gasteiger partial charge in [-0.3, -0.25) is 9.79 Å². The number of guanidine groups is 1. The Bertz CT molecular complexity index is 463. The van der Waals surface area contributed by atoms with Gasteiger partial charge >= 0.3 is 0 Å². The molecular weight excluding hydrogens is 312 g/mol. The summed E-state index contributed by atoms with van der Waals surface area (Å²) < 4.78 is 15.3. The number of nitrogens with zero attached hydrogens (tertiary/aromatic N) is 1. The lowest BCUT2D eigenvalue weighted by Gasteiger charge is -2.11. The zero-order chi connectivity index (χ0) is 17.5. The molecule has 0 radical (unpaired) electrons. The first-order chi connectivity index (χ1) is 11.8. The number of aliphatic imine (C=N–C) groups is 1. The predicted octanol–water partition coefficient (Wildman–Crippen LogP) is 0.618. The van der Waals surface area contributed by atoms with Gasteiger partial charge in [0.1, 0.15) is 0 Å². The fourth-order valence-corrected chi connectivity index (χ4v) is 1.80. The second kappa shape index (κ2) is 13.4. The molecule has 1 amide bonds. The van der Waals surface area contributed by atoms with Gasteiger partial charge in [-0.05, 0) is 25.5 Å². The Kier molecular flexibility index (Phi) is 11.1. The molecule has 1 aromatic heterocycles. The van der Waals surface area contributed by atoms with E-state index in [9.17, 15) is 4.79 Å². The molecule has 0 aliphatic rings. The van der Waals surface area contributed by atoms with Gasteiger partial charge in [0.25, 0.3) is 5.91 Å². The van der Waals surface area contributed by atoms with Crippen LogP contribution in [0.1, 0.15) is 23.9 Å². The lowest BCUT2D eigenvalue weighted by molar-refractivity contribution is 0.0702. The topological polar surface area (TPSA) is 97.1 Å². The predicted molar refractivity (Wildman–Crippen MR) is 92.3 cm³/mol. The van der Waals surface area contributed by atoms with Gasteiger partial charge in [0.05, 0.1) is 19.5 Å². The van der Waals surface area contributed by atoms with Crippen molar-refractivity contribution in [1.82, 2.24) is 16.0 Å². The Morgan fingerprint density at radius 3 is 2.75 bits per heavy atom. The number of hydrogen-bond acceptors (Lipinski definition) is 5. The van der Waals surface area contributed by atoms with Gasteiger partial charge in [-0.25, -0.2) is 0 Å². The van der Waals surface area contributed by atoms with Crippen molar-refractivity contribution in [2.75, 3.05) is 53.1 Å². The molecular formula is C16H28N4O4. The highest BCUT2D eigenvalue weighted by Crippen LogP contribution is 1.98. The van der Waals surface area contributed by atoms with Crippen LogP contribution in [0.5, 0.6) is 0 Å². The third-order valence-electron chi connectivity index (χ3n) is 2.94. The normalized spacial score (nSPS) is 11.3. The zero-order valence-corrected chi connectivity index (χ0v) is 14.5. The summed E-state index contributed by atoms with van der Waals surface area (Å²) in [6.45, 7) is 6.36. The monoisotopic (exact) mass is 340 g/mol. The summed E-state index contributed by atoms with van der Waals surface area (Å²) in [5.74, 6) is 0.808. The maximum absolute atomic E-state index is 11.7. The van der Waals surface area contributed by atoms with Crippen molar-refractivity contribution >= 4 is 11.9 Å². The summed E-state index contributed by atoms with van der Waals surface area (Å²) >= 11 is 0. The Morgan fingerprint density at radius 1 is 1.21 bits per heavy atom. The smallest absolute Gasteiger partial charge is 0.287 e. The van der Waals surface area contributed by atoms with E-state index in [0.717, 1.165) is 18.9 Å². The number of amides is 1. The maximum atomic E-state index is 11.7. The van der Waals surface area contributed by atoms with E-state index in [0.29, 0.717) is 45.2 Å². The van der Waals surface area contributed by atoms with Crippen LogP contribution in [-0.2, 0) is 9.47 Å². The van der Waals surface area contributed by atoms with Gasteiger partial charge in [-0.15, -0.1) is 0 Å². The summed E-state index contributed by atoms with van der Waals surface area (Å²) in [5.41, 5.74) is 0. The van der Waals surface area contributed by atoms with Crippen LogP contribution < -0.4 is 16.0 Å². The summed E-state index contributed by atoms with van der Waals surface area (Å²) in [4.78, 5) is 16.1. The molecule has 0 aromatic carbocycles. The summed E-state index contributed by atoms with van der Waals surface area (Å²) in [6, 6.07) is 3.31. The molecule has 0 saturated heterocycles. The highest BCUT2D eigenvalue weighted by atomic mass is 16.5. The number of hydrogen-bond donors (Lipinski definition) is 3. The number of carbonyl (C=O) groups is 1. The van der Waals surface area contributed by atoms with Gasteiger partial charge in [0.2, 0.25) is 0 Å². The molecule has 0 aliphatic carbocycles. The molecule has 0 unspecified atom stereocenters. The lowest BCUT2D eigenvalue weighted by atomic mass is 10.4. The number of ether oxygens (including phenoxy) is 2. The van der Waals surface area contributed by atoms with Crippen LogP contribution >= 0.6 is 0 Å². The third kappa shape index (κ3) is 9.16. The summed E-state index contributed by atoms with van der Waals surface area (Å²) in [5, 5.41) is 9.09. The molecule has 0 fully saturated rings. The van der Waals surface area contributed by atoms with Crippen LogP contribution in [0.15, 0.2) is 27.8 Å². The van der Waals surface area contributed by atoms with Crippen molar-refractivity contribution in [3.63, 3.8) is 0 Å². The molecule has 0 atom stereocenters. The van der Waals surface area contributed by atoms with E-state index in [-0.39, 0.29) is 5.91 Å². The molecule has 1 aromatic rings. The minimum Gasteiger partial charge on any atom is -0.459 e. The van der Waals surface area contributed by atoms with Crippen LogP contribution in [0.4, 0.5) is 0 Å². The Labute approximate surface area is 143 Å². The number of furan rings is 1. The van der Waals surface area contributed by atoms with Crippen LogP contribution in [0.3, 0.4) is 0 Å². The first-order valence-corrected chi connectivity index (χ1v) is 8.18. The molecule has 1 rings (SSSR count). The average Bonchev–Trinajstić information content (AvgIpc) is 3.12. The summed E-state index contributed by atoms with van der Waals surface area (Å²) in [7, 11) is 1.65. The quantitative estimate of drug-likeness (QED) is 0.293. The molecule has 24 heavy (non-hydrogen) atoms. The van der Waals surface area contributed by atoms with Crippen molar-refractivity contribution in [2.45, 2.75) is 13.3 Å². The zero-order valence-electron chi connectivity index (χ0n) is 14.5. The average molecular weight is 340 g/mol. The third-order valence-corrected chi connectivity index (χ3v) is 2.94. The fourth-order valence-electron chi connectivity index (χ4n) is 1.80. The number of carbonyl (C=O) groups excluding carboxylic acids is 1. The highest BCUT2D eigenvalue weighted by Gasteiger charge is 2.06. The van der Waals surface area contributed by atoms with Crippen LogP contribution in [0.2, 0.25) is 0 Å². The van der Waals surface area contributed by atoms with Crippen LogP contribution in [0.25, 0.3) is 0 Å². The van der Waals surface area contributed by atoms with E-state index < -0.39 is 0 Å². The van der Waals surface area contributed by atoms with E-state index in [1.165, 1.54) is 6.26 Å². The van der Waals surface area contributed by atoms with E-state index >= 15 is 0 Å². The number of rotatable bonds is 12. The van der Waals surface area contributed by atoms with Crippen LogP contribution in [-0.4, -0.2) is 65.0 Å². The molecule has 0 saturated carbocycles. The van der Waals surface area contributed by atoms with Crippen molar-refractivity contribution in [3.05, 3.63) is 24.2 Å². The molecule has 0 bridgehead atoms. The number of nitrogens with one attached hydrogen (secondary N) is 3. The van der Waals surface area contributed by atoms with Crippen molar-refractivity contribution < 1.29 is 18.7 Å². The Hall–Kier alpha value is -2.06. The standard InChI is InChI=1S/C16H28N4O4/c1-3-17-16(19-7-5-10-23-13-12-22-2)20-9-8-18-15(21)14-6-4-11-24-14/h4,6,11H,3,5,7-10,12-13H2,1-2H3,(H,18,21)(H2,17,19,20). The molecule has 8 heteroatoms. The number of methoxy groups -OCH3 is 1. The molecule has 0 spiro atoms. The fraction of sp³-hybridized carbons (Fsp3) is 0.625. The Morgan fingerprint density at radius 2 is 2.04 bits per heavy atom. The maximum Gasteiger partial charge on any atom is 0.287 e. The van der Waals surface area contributed by atoms with E-state index in [2.05, 4.69) is 20.9 Å². The van der Waals surface area contributed by atoms with Gasteiger partial charge in [0, 0.05) is 39.9 Å². The second-order valence-electron chi connectivity index (χ2n) is 4.88. The summed E-state index contributed by atoms with van der Waals surface area (Å²) in [6.07, 6.45) is 2.32. The lowest BCUT2D eigenvalue weighted by Crippen LogP contribution is -2.41. The SMILES string of the molecule is CCNC(=NCCCOCCOC)NCCNC(=O)c1ccco1. The molecule has 8 nitrogen and oxygen atoms in total. The first-order valence-electron chi connectivity index (χ1n) is 8.18. The minimum atomic E-state index is -0.225.